The zero-order valence-electron chi connectivity index (χ0n) is 12.5. The second-order valence-electron chi connectivity index (χ2n) is 4.30. The van der Waals surface area contributed by atoms with Crippen molar-refractivity contribution in [1.29, 1.82) is 0 Å². The zero-order chi connectivity index (χ0) is 15.9. The summed E-state index contributed by atoms with van der Waals surface area (Å²) < 4.78 is 16.1. The van der Waals surface area contributed by atoms with E-state index in [2.05, 4.69) is 5.10 Å². The van der Waals surface area contributed by atoms with Gasteiger partial charge in [0.25, 0.3) is 0 Å². The monoisotopic (exact) mass is 306 g/mol. The first-order valence-corrected chi connectivity index (χ1v) is 6.95. The van der Waals surface area contributed by atoms with E-state index in [0.717, 1.165) is 0 Å². The minimum atomic E-state index is -0.435. The number of carbonyl (C=O) groups excluding carboxylic acids is 1. The summed E-state index contributed by atoms with van der Waals surface area (Å²) in [5.74, 6) is 0.357. The molecule has 7 heteroatoms. The largest absolute Gasteiger partial charge is 0.493 e. The fourth-order valence-corrected chi connectivity index (χ4v) is 1.93. The molecule has 0 saturated carbocycles. The van der Waals surface area contributed by atoms with Crippen LogP contribution in [-0.2, 0) is 11.3 Å². The smallest absolute Gasteiger partial charge is 0.338 e. The van der Waals surface area contributed by atoms with Gasteiger partial charge in [-0.1, -0.05) is 11.2 Å². The van der Waals surface area contributed by atoms with Crippen LogP contribution in [0, 0.1) is 0 Å². The Hall–Kier alpha value is -2.70. The van der Waals surface area contributed by atoms with Gasteiger partial charge in [-0.3, -0.25) is 0 Å². The molecule has 0 radical (unpaired) electrons. The van der Waals surface area contributed by atoms with E-state index in [1.54, 1.807) is 25.1 Å². The van der Waals surface area contributed by atoms with Crippen LogP contribution in [0.1, 0.15) is 29.8 Å². The van der Waals surface area contributed by atoms with Crippen LogP contribution in [0.2, 0.25) is 0 Å². The predicted octanol–water partition coefficient (Wildman–Crippen LogP) is 2.27. The summed E-state index contributed by atoms with van der Waals surface area (Å²) in [5, 5.41) is 12.8. The number of aromatic nitrogens is 2. The van der Waals surface area contributed by atoms with Gasteiger partial charge in [0.1, 0.15) is 12.4 Å². The molecule has 1 aromatic carbocycles. The normalized spacial score (nSPS) is 10.3. The Morgan fingerprint density at radius 1 is 1.23 bits per heavy atom. The molecule has 0 aliphatic rings. The minimum absolute atomic E-state index is 0.0708. The van der Waals surface area contributed by atoms with E-state index in [1.165, 1.54) is 12.3 Å². The third-order valence-corrected chi connectivity index (χ3v) is 2.84. The molecule has 2 aromatic rings. The highest BCUT2D eigenvalue weighted by molar-refractivity contribution is 5.91. The molecule has 0 unspecified atom stereocenters. The van der Waals surface area contributed by atoms with Crippen LogP contribution >= 0.6 is 0 Å². The number of ether oxygens (including phenoxy) is 3. The lowest BCUT2D eigenvalue weighted by Gasteiger charge is -2.14. The van der Waals surface area contributed by atoms with Gasteiger partial charge in [-0.25, -0.2) is 4.79 Å². The van der Waals surface area contributed by atoms with Crippen LogP contribution < -0.4 is 9.47 Å². The van der Waals surface area contributed by atoms with Crippen molar-refractivity contribution in [3.8, 4) is 11.6 Å². The fourth-order valence-electron chi connectivity index (χ4n) is 1.93. The van der Waals surface area contributed by atoms with Crippen LogP contribution in [0.5, 0.6) is 11.6 Å². The van der Waals surface area contributed by atoms with Crippen molar-refractivity contribution in [3.63, 3.8) is 0 Å². The van der Waals surface area contributed by atoms with Crippen molar-refractivity contribution < 1.29 is 24.2 Å². The maximum absolute atomic E-state index is 12.0. The average molecular weight is 306 g/mol. The molecule has 7 nitrogen and oxygen atoms in total. The number of rotatable bonds is 7. The highest BCUT2D eigenvalue weighted by Gasteiger charge is 2.17. The molecule has 1 aromatic heterocycles. The lowest BCUT2D eigenvalue weighted by molar-refractivity contribution is 0.0522. The van der Waals surface area contributed by atoms with Gasteiger partial charge in [0.15, 0.2) is 0 Å². The van der Waals surface area contributed by atoms with E-state index in [1.807, 2.05) is 6.92 Å². The molecule has 0 amide bonds. The number of hydrogen-bond acceptors (Lipinski definition) is 6. The van der Waals surface area contributed by atoms with E-state index >= 15 is 0 Å². The van der Waals surface area contributed by atoms with E-state index < -0.39 is 5.97 Å². The number of esters is 1. The molecule has 0 saturated heterocycles. The van der Waals surface area contributed by atoms with Gasteiger partial charge >= 0.3 is 5.97 Å². The summed E-state index contributed by atoms with van der Waals surface area (Å²) in [7, 11) is 0. The van der Waals surface area contributed by atoms with Gasteiger partial charge < -0.3 is 19.4 Å². The molecule has 22 heavy (non-hydrogen) atoms. The molecule has 1 N–H and O–H groups in total. The Balaban J connectivity index is 2.26. The van der Waals surface area contributed by atoms with E-state index in [4.69, 9.17) is 19.4 Å². The topological polar surface area (TPSA) is 82.8 Å². The average Bonchev–Trinajstić information content (AvgIpc) is 2.92. The first-order valence-electron chi connectivity index (χ1n) is 6.95. The van der Waals surface area contributed by atoms with Gasteiger partial charge in [0.05, 0.1) is 25.0 Å². The van der Waals surface area contributed by atoms with Gasteiger partial charge in [-0.2, -0.15) is 0 Å². The molecule has 0 atom stereocenters. The summed E-state index contributed by atoms with van der Waals surface area (Å²) in [5.41, 5.74) is 0.964. The second-order valence-corrected chi connectivity index (χ2v) is 4.30. The maximum Gasteiger partial charge on any atom is 0.338 e. The van der Waals surface area contributed by atoms with Crippen molar-refractivity contribution in [2.75, 3.05) is 13.2 Å². The molecule has 0 aliphatic heterocycles. The van der Waals surface area contributed by atoms with Crippen molar-refractivity contribution >= 4 is 5.97 Å². The highest BCUT2D eigenvalue weighted by atomic mass is 16.5. The van der Waals surface area contributed by atoms with Crippen molar-refractivity contribution in [2.45, 2.75) is 20.5 Å². The molecule has 0 aliphatic carbocycles. The number of carbonyl (C=O) groups is 1. The van der Waals surface area contributed by atoms with E-state index in [-0.39, 0.29) is 19.1 Å². The Morgan fingerprint density at radius 2 is 2.05 bits per heavy atom. The summed E-state index contributed by atoms with van der Waals surface area (Å²) >= 11 is 0. The Bertz CT molecular complexity index is 639. The van der Waals surface area contributed by atoms with Crippen molar-refractivity contribution in [3.05, 3.63) is 41.6 Å². The fraction of sp³-hybridized carbons (Fsp3) is 0.333. The minimum Gasteiger partial charge on any atom is -0.493 e. The van der Waals surface area contributed by atoms with E-state index in [0.29, 0.717) is 28.3 Å². The number of nitrogens with zero attached hydrogens (tertiary/aromatic N) is 2. The van der Waals surface area contributed by atoms with Crippen molar-refractivity contribution in [1.82, 2.24) is 9.94 Å². The van der Waals surface area contributed by atoms with Crippen LogP contribution in [0.4, 0.5) is 0 Å². The third-order valence-electron chi connectivity index (χ3n) is 2.84. The van der Waals surface area contributed by atoms with Gasteiger partial charge in [0.2, 0.25) is 5.88 Å². The van der Waals surface area contributed by atoms with Gasteiger partial charge in [-0.05, 0) is 26.0 Å². The lowest BCUT2D eigenvalue weighted by atomic mass is 10.1. The quantitative estimate of drug-likeness (QED) is 0.624. The van der Waals surface area contributed by atoms with Gasteiger partial charge in [0, 0.05) is 11.6 Å². The first kappa shape index (κ1) is 15.7. The molecular weight excluding hydrogens is 288 g/mol. The van der Waals surface area contributed by atoms with Crippen LogP contribution in [0.25, 0.3) is 0 Å². The molecule has 2 rings (SSSR count). The zero-order valence-corrected chi connectivity index (χ0v) is 12.5. The summed E-state index contributed by atoms with van der Waals surface area (Å²) in [6.45, 7) is 4.42. The Kier molecular flexibility index (Phi) is 5.24. The second kappa shape index (κ2) is 7.35. The predicted molar refractivity (Wildman–Crippen MR) is 77.3 cm³/mol. The standard InChI is InChI=1S/C15H18N2O5/c1-3-20-13-7-5-6-11(15(18)21-4-2)12(13)10-22-14-8-9-17(19)16-14/h5-9,19H,3-4,10H2,1-2H3. The molecule has 0 spiro atoms. The van der Waals surface area contributed by atoms with Crippen molar-refractivity contribution in [2.24, 2.45) is 0 Å². The highest BCUT2D eigenvalue weighted by Crippen LogP contribution is 2.25. The first-order chi connectivity index (χ1) is 10.7. The summed E-state index contributed by atoms with van der Waals surface area (Å²) in [6.07, 6.45) is 1.34. The van der Waals surface area contributed by atoms with Gasteiger partial charge in [-0.15, -0.1) is 4.85 Å². The molecular formula is C15H18N2O5. The van der Waals surface area contributed by atoms with E-state index in [9.17, 15) is 4.79 Å². The number of benzene rings is 1. The Labute approximate surface area is 128 Å². The summed E-state index contributed by atoms with van der Waals surface area (Å²) in [6, 6.07) is 6.65. The molecule has 0 bridgehead atoms. The SMILES string of the molecule is CCOC(=O)c1cccc(OCC)c1COc1ccn(O)n1. The number of hydrogen-bond donors (Lipinski definition) is 1. The Morgan fingerprint density at radius 3 is 2.68 bits per heavy atom. The van der Waals surface area contributed by atoms with Crippen LogP contribution in [0.15, 0.2) is 30.5 Å². The third kappa shape index (κ3) is 3.69. The van der Waals surface area contributed by atoms with Crippen LogP contribution in [-0.4, -0.2) is 34.3 Å². The maximum atomic E-state index is 12.0. The lowest BCUT2D eigenvalue weighted by Crippen LogP contribution is -2.12. The molecule has 118 valence electrons. The molecule has 1 heterocycles. The molecule has 0 fully saturated rings. The van der Waals surface area contributed by atoms with Crippen LogP contribution in [0.3, 0.4) is 0 Å². The summed E-state index contributed by atoms with van der Waals surface area (Å²) in [4.78, 5) is 12.7.